The topological polar surface area (TPSA) is 75.0 Å². The van der Waals surface area contributed by atoms with Gasteiger partial charge >= 0.3 is 5.69 Å². The Morgan fingerprint density at radius 2 is 2.27 bits per heavy atom. The lowest BCUT2D eigenvalue weighted by molar-refractivity contribution is 0.0765. The largest absolute Gasteiger partial charge is 0.373 e. The molecular formula is C8H10ClFN2O3. The molecular weight excluding hydrogens is 227 g/mol. The summed E-state index contributed by atoms with van der Waals surface area (Å²) in [6.07, 6.45) is -0.0248. The van der Waals surface area contributed by atoms with E-state index in [2.05, 4.69) is 4.98 Å². The monoisotopic (exact) mass is 236 g/mol. The summed E-state index contributed by atoms with van der Waals surface area (Å²) >= 11 is 5.22. The minimum absolute atomic E-state index is 0.0660. The molecule has 0 fully saturated rings. The van der Waals surface area contributed by atoms with Gasteiger partial charge in [0.25, 0.3) is 5.56 Å². The van der Waals surface area contributed by atoms with Crippen molar-refractivity contribution in [3.05, 3.63) is 32.6 Å². The average Bonchev–Trinajstić information content (AvgIpc) is 2.21. The van der Waals surface area contributed by atoms with Crippen molar-refractivity contribution in [1.82, 2.24) is 9.97 Å². The zero-order chi connectivity index (χ0) is 11.3. The first-order valence-corrected chi connectivity index (χ1v) is 4.75. The lowest BCUT2D eigenvalue weighted by Crippen LogP contribution is -2.25. The maximum absolute atomic E-state index is 12.6. The molecule has 0 saturated heterocycles. The molecule has 0 saturated carbocycles. The van der Waals surface area contributed by atoms with E-state index >= 15 is 0 Å². The van der Waals surface area contributed by atoms with Gasteiger partial charge in [-0.15, -0.1) is 11.6 Å². The molecule has 1 aromatic heterocycles. The standard InChI is InChI=1S/C8H10ClFN2O3/c9-1-6(10)4-15-3-5-2-11-8(14)12-7(5)13/h2,6H,1,3-4H2,(H2,11,12,13,14)/t6-/m1/s1. The Kier molecular flexibility index (Phi) is 4.51. The SMILES string of the molecule is O=c1[nH]cc(COC[C@H](F)CCl)c(=O)[nH]1. The van der Waals surface area contributed by atoms with Crippen LogP contribution >= 0.6 is 11.6 Å². The first-order chi connectivity index (χ1) is 7.13. The van der Waals surface area contributed by atoms with Crippen LogP contribution in [0.2, 0.25) is 0 Å². The molecule has 1 rings (SSSR count). The van der Waals surface area contributed by atoms with Gasteiger partial charge in [-0.1, -0.05) is 0 Å². The number of hydrogen-bond donors (Lipinski definition) is 2. The van der Waals surface area contributed by atoms with E-state index in [0.717, 1.165) is 0 Å². The molecule has 0 spiro atoms. The highest BCUT2D eigenvalue weighted by atomic mass is 35.5. The van der Waals surface area contributed by atoms with Gasteiger partial charge in [-0.3, -0.25) is 9.78 Å². The molecule has 0 aliphatic rings. The fourth-order valence-corrected chi connectivity index (χ4v) is 0.975. The molecule has 7 heteroatoms. The summed E-state index contributed by atoms with van der Waals surface area (Å²) in [5, 5.41) is 0. The summed E-state index contributed by atoms with van der Waals surface area (Å²) in [6.45, 7) is -0.245. The highest BCUT2D eigenvalue weighted by Crippen LogP contribution is 1.97. The Hall–Kier alpha value is -1.14. The van der Waals surface area contributed by atoms with Crippen LogP contribution in [-0.4, -0.2) is 28.6 Å². The van der Waals surface area contributed by atoms with E-state index in [9.17, 15) is 14.0 Å². The minimum atomic E-state index is -1.26. The van der Waals surface area contributed by atoms with Crippen molar-refractivity contribution in [2.24, 2.45) is 0 Å². The van der Waals surface area contributed by atoms with E-state index in [0.29, 0.717) is 0 Å². The van der Waals surface area contributed by atoms with Crippen LogP contribution in [0.25, 0.3) is 0 Å². The van der Waals surface area contributed by atoms with Crippen LogP contribution in [0.1, 0.15) is 5.56 Å². The average molecular weight is 237 g/mol. The van der Waals surface area contributed by atoms with Crippen molar-refractivity contribution < 1.29 is 9.13 Å². The number of nitrogens with one attached hydrogen (secondary N) is 2. The summed E-state index contributed by atoms with van der Waals surface area (Å²) in [7, 11) is 0. The van der Waals surface area contributed by atoms with E-state index in [-0.39, 0.29) is 24.7 Å². The Balaban J connectivity index is 2.51. The fraction of sp³-hybridized carbons (Fsp3) is 0.500. The van der Waals surface area contributed by atoms with Gasteiger partial charge in [-0.05, 0) is 0 Å². The lowest BCUT2D eigenvalue weighted by Gasteiger charge is -2.05. The highest BCUT2D eigenvalue weighted by molar-refractivity contribution is 6.18. The number of alkyl halides is 2. The van der Waals surface area contributed by atoms with E-state index < -0.39 is 17.4 Å². The van der Waals surface area contributed by atoms with Crippen molar-refractivity contribution in [2.75, 3.05) is 12.5 Å². The van der Waals surface area contributed by atoms with Gasteiger partial charge in [0, 0.05) is 6.20 Å². The first-order valence-electron chi connectivity index (χ1n) is 4.22. The van der Waals surface area contributed by atoms with Gasteiger partial charge in [-0.2, -0.15) is 0 Å². The van der Waals surface area contributed by atoms with E-state index in [1.54, 1.807) is 0 Å². The maximum atomic E-state index is 12.6. The van der Waals surface area contributed by atoms with Crippen LogP contribution in [-0.2, 0) is 11.3 Å². The minimum Gasteiger partial charge on any atom is -0.373 e. The number of aromatic amines is 2. The fourth-order valence-electron chi connectivity index (χ4n) is 0.886. The summed E-state index contributed by atoms with van der Waals surface area (Å²) in [5.41, 5.74) is -0.899. The van der Waals surface area contributed by atoms with Crippen molar-refractivity contribution in [3.63, 3.8) is 0 Å². The van der Waals surface area contributed by atoms with Gasteiger partial charge in [0.1, 0.15) is 6.17 Å². The van der Waals surface area contributed by atoms with Crippen molar-refractivity contribution in [3.8, 4) is 0 Å². The van der Waals surface area contributed by atoms with Gasteiger partial charge in [0.2, 0.25) is 0 Å². The number of hydrogen-bond acceptors (Lipinski definition) is 3. The molecule has 2 N–H and O–H groups in total. The van der Waals surface area contributed by atoms with E-state index in [4.69, 9.17) is 16.3 Å². The second-order valence-corrected chi connectivity index (χ2v) is 3.17. The Morgan fingerprint density at radius 1 is 1.53 bits per heavy atom. The number of rotatable bonds is 5. The van der Waals surface area contributed by atoms with Gasteiger partial charge in [-0.25, -0.2) is 9.18 Å². The highest BCUT2D eigenvalue weighted by Gasteiger charge is 2.05. The Bertz CT molecular complexity index is 417. The number of aromatic nitrogens is 2. The van der Waals surface area contributed by atoms with Crippen molar-refractivity contribution in [2.45, 2.75) is 12.8 Å². The van der Waals surface area contributed by atoms with Crippen LogP contribution in [0.4, 0.5) is 4.39 Å². The summed E-state index contributed by atoms with van der Waals surface area (Å²) < 4.78 is 17.5. The molecule has 0 amide bonds. The zero-order valence-corrected chi connectivity index (χ0v) is 8.51. The third-order valence-electron chi connectivity index (χ3n) is 1.62. The second kappa shape index (κ2) is 5.67. The van der Waals surface area contributed by atoms with Crippen LogP contribution < -0.4 is 11.2 Å². The number of H-pyrrole nitrogens is 2. The molecule has 84 valence electrons. The van der Waals surface area contributed by atoms with Crippen molar-refractivity contribution in [1.29, 1.82) is 0 Å². The smallest absolute Gasteiger partial charge is 0.325 e. The summed E-state index contributed by atoms with van der Waals surface area (Å²) in [6, 6.07) is 0. The Morgan fingerprint density at radius 3 is 2.87 bits per heavy atom. The molecule has 15 heavy (non-hydrogen) atoms. The third kappa shape index (κ3) is 3.85. The predicted octanol–water partition coefficient (Wildman–Crippen LogP) is 0.157. The molecule has 0 radical (unpaired) electrons. The van der Waals surface area contributed by atoms with Gasteiger partial charge in [0.05, 0.1) is 24.7 Å². The molecule has 0 bridgehead atoms. The normalized spacial score (nSPS) is 12.7. The van der Waals surface area contributed by atoms with Gasteiger partial charge < -0.3 is 9.72 Å². The molecule has 0 aliphatic heterocycles. The second-order valence-electron chi connectivity index (χ2n) is 2.86. The predicted molar refractivity (Wildman–Crippen MR) is 53.0 cm³/mol. The van der Waals surface area contributed by atoms with Crippen LogP contribution in [0.5, 0.6) is 0 Å². The van der Waals surface area contributed by atoms with Crippen LogP contribution in [0, 0.1) is 0 Å². The molecule has 0 aliphatic carbocycles. The zero-order valence-electron chi connectivity index (χ0n) is 7.76. The lowest BCUT2D eigenvalue weighted by atomic mass is 10.3. The van der Waals surface area contributed by atoms with Crippen molar-refractivity contribution >= 4 is 11.6 Å². The number of halogens is 2. The Labute approximate surface area is 89.2 Å². The summed E-state index contributed by atoms with van der Waals surface area (Å²) in [5.74, 6) is -0.151. The quantitative estimate of drug-likeness (QED) is 0.715. The van der Waals surface area contributed by atoms with Crippen LogP contribution in [0.3, 0.4) is 0 Å². The molecule has 0 unspecified atom stereocenters. The van der Waals surface area contributed by atoms with Gasteiger partial charge in [0.15, 0.2) is 0 Å². The van der Waals surface area contributed by atoms with E-state index in [1.165, 1.54) is 6.20 Å². The third-order valence-corrected chi connectivity index (χ3v) is 1.95. The maximum Gasteiger partial charge on any atom is 0.325 e. The molecule has 1 aromatic rings. The van der Waals surface area contributed by atoms with E-state index in [1.807, 2.05) is 4.98 Å². The first kappa shape index (κ1) is 11.9. The molecule has 5 nitrogen and oxygen atoms in total. The molecule has 1 heterocycles. The van der Waals surface area contributed by atoms with Crippen LogP contribution in [0.15, 0.2) is 15.8 Å². The molecule has 0 aromatic carbocycles. The number of ether oxygens (including phenoxy) is 1. The molecule has 1 atom stereocenters. The summed E-state index contributed by atoms with van der Waals surface area (Å²) in [4.78, 5) is 26.1.